The Hall–Kier alpha value is -0.590. The van der Waals surface area contributed by atoms with Crippen LogP contribution in [0.5, 0.6) is 0 Å². The summed E-state index contributed by atoms with van der Waals surface area (Å²) < 4.78 is 0. The zero-order valence-electron chi connectivity index (χ0n) is 8.71. The lowest BCUT2D eigenvalue weighted by atomic mass is 10.0. The minimum Gasteiger partial charge on any atom is -0.313 e. The number of hydrogen-bond donors (Lipinski definition) is 1. The SMILES string of the molecule is N#CCN(CC1CCCCN1)C1CC1. The average molecular weight is 193 g/mol. The van der Waals surface area contributed by atoms with Gasteiger partial charge in [-0.15, -0.1) is 0 Å². The van der Waals surface area contributed by atoms with Crippen LogP contribution in [0.4, 0.5) is 0 Å². The highest BCUT2D eigenvalue weighted by Gasteiger charge is 2.30. The van der Waals surface area contributed by atoms with Crippen LogP contribution in [0.15, 0.2) is 0 Å². The molecule has 14 heavy (non-hydrogen) atoms. The molecule has 1 unspecified atom stereocenters. The maximum absolute atomic E-state index is 8.73. The Morgan fingerprint density at radius 2 is 2.14 bits per heavy atom. The van der Waals surface area contributed by atoms with Gasteiger partial charge >= 0.3 is 0 Å². The van der Waals surface area contributed by atoms with Crippen LogP contribution in [0.25, 0.3) is 0 Å². The van der Waals surface area contributed by atoms with Crippen molar-refractivity contribution in [2.75, 3.05) is 19.6 Å². The Labute approximate surface area is 86.1 Å². The fraction of sp³-hybridized carbons (Fsp3) is 0.909. The predicted molar refractivity (Wildman–Crippen MR) is 55.8 cm³/mol. The fourth-order valence-electron chi connectivity index (χ4n) is 2.24. The molecule has 1 N–H and O–H groups in total. The predicted octanol–water partition coefficient (Wildman–Crippen LogP) is 1.12. The van der Waals surface area contributed by atoms with E-state index in [1.54, 1.807) is 0 Å². The van der Waals surface area contributed by atoms with E-state index in [1.165, 1.54) is 32.1 Å². The Bertz CT molecular complexity index is 211. The van der Waals surface area contributed by atoms with Gasteiger partial charge in [0.25, 0.3) is 0 Å². The number of rotatable bonds is 4. The Kier molecular flexibility index (Phi) is 3.39. The van der Waals surface area contributed by atoms with E-state index < -0.39 is 0 Å². The molecule has 0 aromatic carbocycles. The first-order valence-electron chi connectivity index (χ1n) is 5.74. The molecule has 0 bridgehead atoms. The molecule has 3 nitrogen and oxygen atoms in total. The minimum absolute atomic E-state index is 0.614. The summed E-state index contributed by atoms with van der Waals surface area (Å²) in [6.45, 7) is 2.86. The third kappa shape index (κ3) is 2.70. The Balaban J connectivity index is 1.77. The first-order valence-corrected chi connectivity index (χ1v) is 5.74. The van der Waals surface area contributed by atoms with Crippen LogP contribution in [-0.4, -0.2) is 36.6 Å². The van der Waals surface area contributed by atoms with Gasteiger partial charge in [-0.3, -0.25) is 4.90 Å². The smallest absolute Gasteiger partial charge is 0.0868 e. The second-order valence-electron chi connectivity index (χ2n) is 4.47. The molecule has 1 heterocycles. The average Bonchev–Trinajstić information content (AvgIpc) is 3.02. The van der Waals surface area contributed by atoms with Gasteiger partial charge in [-0.25, -0.2) is 0 Å². The molecule has 1 aliphatic carbocycles. The largest absolute Gasteiger partial charge is 0.313 e. The maximum atomic E-state index is 8.73. The summed E-state index contributed by atoms with van der Waals surface area (Å²) >= 11 is 0. The monoisotopic (exact) mass is 193 g/mol. The Morgan fingerprint density at radius 3 is 2.71 bits per heavy atom. The molecule has 1 atom stereocenters. The van der Waals surface area contributed by atoms with Crippen molar-refractivity contribution in [3.63, 3.8) is 0 Å². The van der Waals surface area contributed by atoms with E-state index in [0.29, 0.717) is 12.6 Å². The van der Waals surface area contributed by atoms with Crippen LogP contribution >= 0.6 is 0 Å². The molecule has 1 saturated heterocycles. The van der Waals surface area contributed by atoms with Crippen molar-refractivity contribution in [1.29, 1.82) is 5.26 Å². The summed E-state index contributed by atoms with van der Waals surface area (Å²) in [7, 11) is 0. The van der Waals surface area contributed by atoms with Crippen LogP contribution < -0.4 is 5.32 Å². The van der Waals surface area contributed by atoms with E-state index in [-0.39, 0.29) is 0 Å². The number of piperidine rings is 1. The van der Waals surface area contributed by atoms with Gasteiger partial charge in [0.1, 0.15) is 0 Å². The van der Waals surface area contributed by atoms with E-state index in [4.69, 9.17) is 5.26 Å². The molecule has 0 spiro atoms. The molecule has 1 aliphatic heterocycles. The first-order chi connectivity index (χ1) is 6.90. The minimum atomic E-state index is 0.614. The van der Waals surface area contributed by atoms with Crippen molar-refractivity contribution in [2.24, 2.45) is 0 Å². The molecule has 0 amide bonds. The summed E-state index contributed by atoms with van der Waals surface area (Å²) in [4.78, 5) is 2.35. The van der Waals surface area contributed by atoms with E-state index in [9.17, 15) is 0 Å². The molecule has 78 valence electrons. The second kappa shape index (κ2) is 4.77. The van der Waals surface area contributed by atoms with Crippen molar-refractivity contribution in [3.8, 4) is 6.07 Å². The molecular weight excluding hydrogens is 174 g/mol. The van der Waals surface area contributed by atoms with Crippen LogP contribution in [0.1, 0.15) is 32.1 Å². The highest BCUT2D eigenvalue weighted by Crippen LogP contribution is 2.27. The normalized spacial score (nSPS) is 27.6. The maximum Gasteiger partial charge on any atom is 0.0868 e. The molecule has 2 aliphatic rings. The molecule has 0 aromatic rings. The van der Waals surface area contributed by atoms with Crippen molar-refractivity contribution in [3.05, 3.63) is 0 Å². The fourth-order valence-corrected chi connectivity index (χ4v) is 2.24. The molecule has 1 saturated carbocycles. The molecule has 2 rings (SSSR count). The van der Waals surface area contributed by atoms with E-state index in [0.717, 1.165) is 19.1 Å². The quantitative estimate of drug-likeness (QED) is 0.680. The summed E-state index contributed by atoms with van der Waals surface area (Å²) in [6, 6.07) is 3.63. The highest BCUT2D eigenvalue weighted by molar-refractivity contribution is 4.92. The van der Waals surface area contributed by atoms with Crippen molar-refractivity contribution < 1.29 is 0 Å². The molecule has 0 aromatic heterocycles. The topological polar surface area (TPSA) is 39.1 Å². The molecular formula is C11H19N3. The standard InChI is InChI=1S/C11H19N3/c12-6-8-14(11-4-5-11)9-10-3-1-2-7-13-10/h10-11,13H,1-5,7-9H2. The summed E-state index contributed by atoms with van der Waals surface area (Å²) in [5, 5.41) is 12.3. The van der Waals surface area contributed by atoms with E-state index in [2.05, 4.69) is 16.3 Å². The first kappa shape index (κ1) is 9.95. The van der Waals surface area contributed by atoms with E-state index >= 15 is 0 Å². The second-order valence-corrected chi connectivity index (χ2v) is 4.47. The van der Waals surface area contributed by atoms with Crippen LogP contribution in [0.3, 0.4) is 0 Å². The molecule has 3 heteroatoms. The van der Waals surface area contributed by atoms with Gasteiger partial charge in [0.2, 0.25) is 0 Å². The number of nitrogens with zero attached hydrogens (tertiary/aromatic N) is 2. The molecule has 2 fully saturated rings. The lowest BCUT2D eigenvalue weighted by molar-refractivity contribution is 0.237. The summed E-state index contributed by atoms with van der Waals surface area (Å²) in [5.74, 6) is 0. The summed E-state index contributed by atoms with van der Waals surface area (Å²) in [5.41, 5.74) is 0. The van der Waals surface area contributed by atoms with Gasteiger partial charge in [-0.1, -0.05) is 6.42 Å². The lowest BCUT2D eigenvalue weighted by Crippen LogP contribution is -2.44. The third-order valence-electron chi connectivity index (χ3n) is 3.20. The molecule has 0 radical (unpaired) electrons. The van der Waals surface area contributed by atoms with Gasteiger partial charge in [0, 0.05) is 18.6 Å². The lowest BCUT2D eigenvalue weighted by Gasteiger charge is -2.29. The Morgan fingerprint density at radius 1 is 1.29 bits per heavy atom. The van der Waals surface area contributed by atoms with Crippen molar-refractivity contribution in [2.45, 2.75) is 44.2 Å². The van der Waals surface area contributed by atoms with Gasteiger partial charge in [-0.2, -0.15) is 5.26 Å². The third-order valence-corrected chi connectivity index (χ3v) is 3.20. The van der Waals surface area contributed by atoms with Crippen LogP contribution in [-0.2, 0) is 0 Å². The zero-order chi connectivity index (χ0) is 9.80. The van der Waals surface area contributed by atoms with Crippen LogP contribution in [0.2, 0.25) is 0 Å². The highest BCUT2D eigenvalue weighted by atomic mass is 15.2. The van der Waals surface area contributed by atoms with Gasteiger partial charge in [0.05, 0.1) is 12.6 Å². The van der Waals surface area contributed by atoms with Gasteiger partial charge in [0.15, 0.2) is 0 Å². The van der Waals surface area contributed by atoms with Gasteiger partial charge < -0.3 is 5.32 Å². The zero-order valence-corrected chi connectivity index (χ0v) is 8.71. The van der Waals surface area contributed by atoms with Gasteiger partial charge in [-0.05, 0) is 32.2 Å². The summed E-state index contributed by atoms with van der Waals surface area (Å²) in [6.07, 6.45) is 6.55. The van der Waals surface area contributed by atoms with Crippen LogP contribution in [0, 0.1) is 11.3 Å². The number of nitriles is 1. The van der Waals surface area contributed by atoms with Crippen molar-refractivity contribution in [1.82, 2.24) is 10.2 Å². The number of hydrogen-bond acceptors (Lipinski definition) is 3. The van der Waals surface area contributed by atoms with Crippen molar-refractivity contribution >= 4 is 0 Å². The number of nitrogens with one attached hydrogen (secondary N) is 1. The van der Waals surface area contributed by atoms with E-state index in [1.807, 2.05) is 0 Å².